The summed E-state index contributed by atoms with van der Waals surface area (Å²) in [6.07, 6.45) is -0.407. The van der Waals surface area contributed by atoms with E-state index in [2.05, 4.69) is 15.9 Å². The zero-order valence-corrected chi connectivity index (χ0v) is 16.9. The molecular formula is C21H15BrFNO6. The second-order valence-corrected chi connectivity index (χ2v) is 7.05. The maximum absolute atomic E-state index is 12.9. The van der Waals surface area contributed by atoms with E-state index in [9.17, 15) is 18.8 Å². The summed E-state index contributed by atoms with van der Waals surface area (Å²) in [4.78, 5) is 36.3. The van der Waals surface area contributed by atoms with E-state index in [0.29, 0.717) is 15.6 Å². The lowest BCUT2D eigenvalue weighted by molar-refractivity contribution is -0.127. The van der Waals surface area contributed by atoms with Crippen LogP contribution in [0.5, 0.6) is 5.75 Å². The van der Waals surface area contributed by atoms with Gasteiger partial charge < -0.3 is 19.6 Å². The summed E-state index contributed by atoms with van der Waals surface area (Å²) in [6.45, 7) is 0.00146. The standard InChI is InChI=1S/C21H15BrFNO6/c22-14-3-1-2-13(8-14)19(20(24)26)30-21(27)17-9-16(25)18(11-29-17)28-10-12-4-6-15(23)7-5-12/h1-9,11,19H,10H2,(H2,24,26). The van der Waals surface area contributed by atoms with Crippen molar-refractivity contribution in [2.75, 3.05) is 0 Å². The molecule has 1 amide bonds. The van der Waals surface area contributed by atoms with E-state index in [1.54, 1.807) is 24.3 Å². The first-order valence-corrected chi connectivity index (χ1v) is 9.38. The Morgan fingerprint density at radius 3 is 2.50 bits per heavy atom. The summed E-state index contributed by atoms with van der Waals surface area (Å²) in [5.41, 5.74) is 5.70. The number of amides is 1. The van der Waals surface area contributed by atoms with Gasteiger partial charge in [-0.25, -0.2) is 9.18 Å². The molecule has 3 aromatic rings. The summed E-state index contributed by atoms with van der Waals surface area (Å²) in [7, 11) is 0. The van der Waals surface area contributed by atoms with Gasteiger partial charge in [0.2, 0.25) is 23.0 Å². The second-order valence-electron chi connectivity index (χ2n) is 6.13. The fourth-order valence-electron chi connectivity index (χ4n) is 2.48. The van der Waals surface area contributed by atoms with E-state index in [1.807, 2.05) is 0 Å². The molecule has 7 nitrogen and oxygen atoms in total. The van der Waals surface area contributed by atoms with E-state index in [4.69, 9.17) is 19.6 Å². The van der Waals surface area contributed by atoms with Gasteiger partial charge in [0, 0.05) is 16.1 Å². The smallest absolute Gasteiger partial charge is 0.375 e. The lowest BCUT2D eigenvalue weighted by atomic mass is 10.1. The normalized spacial score (nSPS) is 11.5. The number of primary amides is 1. The summed E-state index contributed by atoms with van der Waals surface area (Å²) < 4.78 is 29.2. The molecule has 154 valence electrons. The third-order valence-corrected chi connectivity index (χ3v) is 4.43. The first kappa shape index (κ1) is 21.3. The summed E-state index contributed by atoms with van der Waals surface area (Å²) in [6, 6.07) is 13.0. The predicted molar refractivity (Wildman–Crippen MR) is 107 cm³/mol. The van der Waals surface area contributed by atoms with Crippen molar-refractivity contribution in [2.45, 2.75) is 12.7 Å². The summed E-state index contributed by atoms with van der Waals surface area (Å²) >= 11 is 3.26. The minimum Gasteiger partial charge on any atom is -0.482 e. The zero-order chi connectivity index (χ0) is 21.7. The number of esters is 1. The van der Waals surface area contributed by atoms with Crippen molar-refractivity contribution >= 4 is 27.8 Å². The third kappa shape index (κ3) is 5.32. The van der Waals surface area contributed by atoms with Gasteiger partial charge in [-0.05, 0) is 29.8 Å². The van der Waals surface area contributed by atoms with Crippen LogP contribution >= 0.6 is 15.9 Å². The molecule has 0 radical (unpaired) electrons. The number of hydrogen-bond acceptors (Lipinski definition) is 6. The number of benzene rings is 2. The van der Waals surface area contributed by atoms with Crippen molar-refractivity contribution in [2.24, 2.45) is 5.73 Å². The molecule has 9 heteroatoms. The van der Waals surface area contributed by atoms with Gasteiger partial charge in [-0.1, -0.05) is 40.2 Å². The number of carbonyl (C=O) groups is 2. The molecule has 0 aliphatic carbocycles. The molecule has 0 bridgehead atoms. The van der Waals surface area contributed by atoms with Crippen LogP contribution in [0.1, 0.15) is 27.8 Å². The van der Waals surface area contributed by atoms with Crippen molar-refractivity contribution in [3.05, 3.63) is 98.3 Å². The van der Waals surface area contributed by atoms with Crippen molar-refractivity contribution in [1.82, 2.24) is 0 Å². The maximum atomic E-state index is 12.9. The Labute approximate surface area is 178 Å². The van der Waals surface area contributed by atoms with Gasteiger partial charge in [0.25, 0.3) is 5.91 Å². The molecule has 1 unspecified atom stereocenters. The Morgan fingerprint density at radius 1 is 1.13 bits per heavy atom. The highest BCUT2D eigenvalue weighted by molar-refractivity contribution is 9.10. The van der Waals surface area contributed by atoms with E-state index in [-0.39, 0.29) is 12.4 Å². The maximum Gasteiger partial charge on any atom is 0.375 e. The molecule has 0 saturated carbocycles. The van der Waals surface area contributed by atoms with Crippen LogP contribution < -0.4 is 15.9 Å². The minimum atomic E-state index is -1.37. The Bertz CT molecular complexity index is 1130. The van der Waals surface area contributed by atoms with Crippen LogP contribution in [-0.4, -0.2) is 11.9 Å². The average molecular weight is 476 g/mol. The molecule has 1 heterocycles. The summed E-state index contributed by atoms with van der Waals surface area (Å²) in [5, 5.41) is 0. The van der Waals surface area contributed by atoms with Crippen LogP contribution in [0, 0.1) is 5.82 Å². The van der Waals surface area contributed by atoms with Crippen LogP contribution in [0.15, 0.2) is 74.5 Å². The van der Waals surface area contributed by atoms with E-state index in [1.165, 1.54) is 24.3 Å². The largest absolute Gasteiger partial charge is 0.482 e. The lowest BCUT2D eigenvalue weighted by Gasteiger charge is -2.15. The SMILES string of the molecule is NC(=O)C(OC(=O)c1cc(=O)c(OCc2ccc(F)cc2)co1)c1cccc(Br)c1. The molecule has 0 saturated heterocycles. The average Bonchev–Trinajstić information content (AvgIpc) is 2.71. The van der Waals surface area contributed by atoms with E-state index in [0.717, 1.165) is 12.3 Å². The van der Waals surface area contributed by atoms with E-state index >= 15 is 0 Å². The second kappa shape index (κ2) is 9.36. The first-order valence-electron chi connectivity index (χ1n) is 8.59. The Morgan fingerprint density at radius 2 is 1.87 bits per heavy atom. The van der Waals surface area contributed by atoms with Crippen molar-refractivity contribution in [3.63, 3.8) is 0 Å². The van der Waals surface area contributed by atoms with Gasteiger partial charge in [-0.15, -0.1) is 0 Å². The van der Waals surface area contributed by atoms with Crippen molar-refractivity contribution < 1.29 is 27.9 Å². The highest BCUT2D eigenvalue weighted by Crippen LogP contribution is 2.22. The highest BCUT2D eigenvalue weighted by Gasteiger charge is 2.25. The van der Waals surface area contributed by atoms with E-state index < -0.39 is 35.0 Å². The number of carbonyl (C=O) groups excluding carboxylic acids is 2. The lowest BCUT2D eigenvalue weighted by Crippen LogP contribution is -2.26. The van der Waals surface area contributed by atoms with Gasteiger partial charge in [0.05, 0.1) is 0 Å². The van der Waals surface area contributed by atoms with Crippen LogP contribution in [0.3, 0.4) is 0 Å². The molecule has 0 fully saturated rings. The van der Waals surface area contributed by atoms with Gasteiger partial charge in [0.1, 0.15) is 18.7 Å². The Hall–Kier alpha value is -3.46. The highest BCUT2D eigenvalue weighted by atomic mass is 79.9. The van der Waals surface area contributed by atoms with Gasteiger partial charge in [-0.2, -0.15) is 0 Å². The molecule has 2 aromatic carbocycles. The van der Waals surface area contributed by atoms with Crippen molar-refractivity contribution in [1.29, 1.82) is 0 Å². The fraction of sp³-hybridized carbons (Fsp3) is 0.0952. The number of nitrogens with two attached hydrogens (primary N) is 1. The topological polar surface area (TPSA) is 109 Å². The molecule has 1 aromatic heterocycles. The molecular weight excluding hydrogens is 461 g/mol. The molecule has 0 aliphatic rings. The van der Waals surface area contributed by atoms with Crippen LogP contribution in [0.4, 0.5) is 4.39 Å². The molecule has 3 rings (SSSR count). The predicted octanol–water partition coefficient (Wildman–Crippen LogP) is 3.50. The first-order chi connectivity index (χ1) is 14.3. The van der Waals surface area contributed by atoms with Gasteiger partial charge in [-0.3, -0.25) is 9.59 Å². The number of rotatable bonds is 7. The monoisotopic (exact) mass is 475 g/mol. The molecule has 30 heavy (non-hydrogen) atoms. The Kier molecular flexibility index (Phi) is 6.63. The van der Waals surface area contributed by atoms with Gasteiger partial charge in [0.15, 0.2) is 0 Å². The molecule has 0 spiro atoms. The molecule has 0 aliphatic heterocycles. The fourth-order valence-corrected chi connectivity index (χ4v) is 2.90. The number of hydrogen-bond donors (Lipinski definition) is 1. The zero-order valence-electron chi connectivity index (χ0n) is 15.3. The number of halogens is 2. The minimum absolute atomic E-state index is 0.00146. The van der Waals surface area contributed by atoms with Crippen LogP contribution in [0.25, 0.3) is 0 Å². The van der Waals surface area contributed by atoms with Crippen LogP contribution in [-0.2, 0) is 16.1 Å². The van der Waals surface area contributed by atoms with Crippen LogP contribution in [0.2, 0.25) is 0 Å². The number of ether oxygens (including phenoxy) is 2. The Balaban J connectivity index is 1.71. The molecule has 2 N–H and O–H groups in total. The summed E-state index contributed by atoms with van der Waals surface area (Å²) in [5.74, 6) is -2.88. The quantitative estimate of drug-likeness (QED) is 0.523. The van der Waals surface area contributed by atoms with Crippen molar-refractivity contribution in [3.8, 4) is 5.75 Å². The third-order valence-electron chi connectivity index (χ3n) is 3.94. The van der Waals surface area contributed by atoms with Gasteiger partial charge >= 0.3 is 5.97 Å². The molecule has 1 atom stereocenters.